The van der Waals surface area contributed by atoms with E-state index in [0.29, 0.717) is 13.0 Å². The van der Waals surface area contributed by atoms with Crippen molar-refractivity contribution in [3.05, 3.63) is 36.0 Å². The van der Waals surface area contributed by atoms with Crippen molar-refractivity contribution in [3.63, 3.8) is 0 Å². The van der Waals surface area contributed by atoms with E-state index in [-0.39, 0.29) is 11.7 Å². The molecule has 0 aliphatic rings. The molecule has 0 saturated heterocycles. The summed E-state index contributed by atoms with van der Waals surface area (Å²) in [5.41, 5.74) is 7.80. The van der Waals surface area contributed by atoms with Crippen LogP contribution in [-0.4, -0.2) is 17.3 Å². The summed E-state index contributed by atoms with van der Waals surface area (Å²) < 4.78 is 0. The molecular formula is C13H16N2O. The highest BCUT2D eigenvalue weighted by atomic mass is 16.1. The van der Waals surface area contributed by atoms with Crippen LogP contribution >= 0.6 is 0 Å². The van der Waals surface area contributed by atoms with Gasteiger partial charge in [-0.25, -0.2) is 0 Å². The summed E-state index contributed by atoms with van der Waals surface area (Å²) >= 11 is 0. The molecule has 1 aromatic heterocycles. The number of nitrogens with one attached hydrogen (secondary N) is 1. The first-order chi connectivity index (χ1) is 7.77. The number of hydrogen-bond acceptors (Lipinski definition) is 2. The average Bonchev–Trinajstić information content (AvgIpc) is 2.78. The highest BCUT2D eigenvalue weighted by Crippen LogP contribution is 2.25. The standard InChI is InChI=1S/C13H16N2O/c1-2-13(16)11(8-14)9-4-3-5-12-10(9)6-7-15-12/h3-7,11,15H,2,8,14H2,1H3. The van der Waals surface area contributed by atoms with Crippen molar-refractivity contribution in [1.82, 2.24) is 4.98 Å². The Labute approximate surface area is 94.6 Å². The van der Waals surface area contributed by atoms with E-state index in [9.17, 15) is 4.79 Å². The molecule has 84 valence electrons. The summed E-state index contributed by atoms with van der Waals surface area (Å²) in [5.74, 6) is 0.0284. The third-order valence-corrected chi connectivity index (χ3v) is 2.98. The SMILES string of the molecule is CCC(=O)C(CN)c1cccc2[nH]ccc12. The minimum Gasteiger partial charge on any atom is -0.361 e. The number of rotatable bonds is 4. The van der Waals surface area contributed by atoms with Gasteiger partial charge in [-0.2, -0.15) is 0 Å². The summed E-state index contributed by atoms with van der Waals surface area (Å²) in [7, 11) is 0. The third-order valence-electron chi connectivity index (χ3n) is 2.98. The van der Waals surface area contributed by atoms with Crippen molar-refractivity contribution in [2.24, 2.45) is 5.73 Å². The van der Waals surface area contributed by atoms with Crippen LogP contribution in [-0.2, 0) is 4.79 Å². The number of Topliss-reactive ketones (excluding diaryl/α,β-unsaturated/α-hetero) is 1. The molecule has 3 N–H and O–H groups in total. The summed E-state index contributed by atoms with van der Waals surface area (Å²) in [5, 5.41) is 1.10. The van der Waals surface area contributed by atoms with E-state index in [1.54, 1.807) is 0 Å². The van der Waals surface area contributed by atoms with Gasteiger partial charge in [0, 0.05) is 30.1 Å². The Balaban J connectivity index is 2.52. The number of carbonyl (C=O) groups excluding carboxylic acids is 1. The zero-order valence-corrected chi connectivity index (χ0v) is 9.36. The molecule has 2 rings (SSSR count). The highest BCUT2D eigenvalue weighted by molar-refractivity contribution is 5.92. The minimum atomic E-state index is -0.176. The predicted molar refractivity (Wildman–Crippen MR) is 65.4 cm³/mol. The number of aromatic nitrogens is 1. The zero-order chi connectivity index (χ0) is 11.5. The normalized spacial score (nSPS) is 12.9. The van der Waals surface area contributed by atoms with E-state index in [2.05, 4.69) is 4.98 Å². The van der Waals surface area contributed by atoms with Gasteiger partial charge in [0.1, 0.15) is 5.78 Å². The first-order valence-corrected chi connectivity index (χ1v) is 5.56. The maximum atomic E-state index is 11.8. The Bertz CT molecular complexity index is 501. The number of aromatic amines is 1. The maximum Gasteiger partial charge on any atom is 0.141 e. The van der Waals surface area contributed by atoms with Crippen molar-refractivity contribution in [2.75, 3.05) is 6.54 Å². The van der Waals surface area contributed by atoms with Gasteiger partial charge in [-0.05, 0) is 17.7 Å². The monoisotopic (exact) mass is 216 g/mol. The van der Waals surface area contributed by atoms with Gasteiger partial charge in [-0.15, -0.1) is 0 Å². The molecule has 0 fully saturated rings. The highest BCUT2D eigenvalue weighted by Gasteiger charge is 2.19. The molecule has 0 amide bonds. The van der Waals surface area contributed by atoms with Crippen LogP contribution in [0.2, 0.25) is 0 Å². The molecule has 0 aliphatic carbocycles. The van der Waals surface area contributed by atoms with Gasteiger partial charge in [0.25, 0.3) is 0 Å². The lowest BCUT2D eigenvalue weighted by Crippen LogP contribution is -2.21. The second-order valence-electron chi connectivity index (χ2n) is 3.89. The Morgan fingerprint density at radius 3 is 2.94 bits per heavy atom. The van der Waals surface area contributed by atoms with Gasteiger partial charge in [-0.3, -0.25) is 4.79 Å². The molecule has 0 aliphatic heterocycles. The van der Waals surface area contributed by atoms with Crippen LogP contribution in [0.25, 0.3) is 10.9 Å². The van der Waals surface area contributed by atoms with Crippen LogP contribution in [0.15, 0.2) is 30.5 Å². The predicted octanol–water partition coefficient (Wildman–Crippen LogP) is 2.19. The molecule has 0 bridgehead atoms. The fraction of sp³-hybridized carbons (Fsp3) is 0.308. The van der Waals surface area contributed by atoms with Gasteiger partial charge < -0.3 is 10.7 Å². The summed E-state index contributed by atoms with van der Waals surface area (Å²) in [6.45, 7) is 2.25. The Kier molecular flexibility index (Phi) is 3.06. The number of ketones is 1. The quantitative estimate of drug-likeness (QED) is 0.823. The molecule has 2 aromatic rings. The minimum absolute atomic E-state index is 0.176. The van der Waals surface area contributed by atoms with Crippen molar-refractivity contribution < 1.29 is 4.79 Å². The van der Waals surface area contributed by atoms with Crippen LogP contribution in [0.4, 0.5) is 0 Å². The maximum absolute atomic E-state index is 11.8. The second-order valence-corrected chi connectivity index (χ2v) is 3.89. The van der Waals surface area contributed by atoms with E-state index >= 15 is 0 Å². The van der Waals surface area contributed by atoms with E-state index in [1.165, 1.54) is 0 Å². The summed E-state index contributed by atoms with van der Waals surface area (Å²) in [6.07, 6.45) is 2.42. The lowest BCUT2D eigenvalue weighted by Gasteiger charge is -2.14. The second kappa shape index (κ2) is 4.49. The Morgan fingerprint density at radius 2 is 2.25 bits per heavy atom. The van der Waals surface area contributed by atoms with Crippen LogP contribution < -0.4 is 5.73 Å². The first kappa shape index (κ1) is 10.9. The molecule has 16 heavy (non-hydrogen) atoms. The molecule has 1 unspecified atom stereocenters. The third kappa shape index (κ3) is 1.74. The molecule has 0 saturated carbocycles. The molecule has 0 radical (unpaired) electrons. The van der Waals surface area contributed by atoms with Gasteiger partial charge >= 0.3 is 0 Å². The van der Waals surface area contributed by atoms with Crippen LogP contribution in [0.3, 0.4) is 0 Å². The van der Waals surface area contributed by atoms with Gasteiger partial charge in [0.05, 0.1) is 5.92 Å². The van der Waals surface area contributed by atoms with Crippen molar-refractivity contribution in [1.29, 1.82) is 0 Å². The number of nitrogens with two attached hydrogens (primary N) is 1. The largest absolute Gasteiger partial charge is 0.361 e. The fourth-order valence-corrected chi connectivity index (χ4v) is 2.09. The van der Waals surface area contributed by atoms with Crippen molar-refractivity contribution in [2.45, 2.75) is 19.3 Å². The lowest BCUT2D eigenvalue weighted by molar-refractivity contribution is -0.119. The van der Waals surface area contributed by atoms with Crippen molar-refractivity contribution in [3.8, 4) is 0 Å². The molecule has 1 atom stereocenters. The van der Waals surface area contributed by atoms with Crippen LogP contribution in [0.1, 0.15) is 24.8 Å². The molecule has 3 heteroatoms. The molecular weight excluding hydrogens is 200 g/mol. The molecule has 0 spiro atoms. The van der Waals surface area contributed by atoms with E-state index in [0.717, 1.165) is 16.5 Å². The van der Waals surface area contributed by atoms with E-state index < -0.39 is 0 Å². The van der Waals surface area contributed by atoms with E-state index in [4.69, 9.17) is 5.73 Å². The van der Waals surface area contributed by atoms with Crippen LogP contribution in [0.5, 0.6) is 0 Å². The smallest absolute Gasteiger partial charge is 0.141 e. The lowest BCUT2D eigenvalue weighted by atomic mass is 9.91. The number of H-pyrrole nitrogens is 1. The Morgan fingerprint density at radius 1 is 1.44 bits per heavy atom. The fourth-order valence-electron chi connectivity index (χ4n) is 2.09. The molecule has 3 nitrogen and oxygen atoms in total. The topological polar surface area (TPSA) is 58.9 Å². The molecule has 1 aromatic carbocycles. The number of fused-ring (bicyclic) bond motifs is 1. The first-order valence-electron chi connectivity index (χ1n) is 5.56. The Hall–Kier alpha value is -1.61. The molecule has 1 heterocycles. The number of hydrogen-bond donors (Lipinski definition) is 2. The van der Waals surface area contributed by atoms with Gasteiger partial charge in [0.15, 0.2) is 0 Å². The number of benzene rings is 1. The summed E-state index contributed by atoms with van der Waals surface area (Å²) in [6, 6.07) is 7.94. The van der Waals surface area contributed by atoms with Gasteiger partial charge in [-0.1, -0.05) is 19.1 Å². The number of carbonyl (C=O) groups is 1. The van der Waals surface area contributed by atoms with Crippen LogP contribution in [0, 0.1) is 0 Å². The zero-order valence-electron chi connectivity index (χ0n) is 9.36. The summed E-state index contributed by atoms with van der Waals surface area (Å²) in [4.78, 5) is 15.0. The van der Waals surface area contributed by atoms with Crippen molar-refractivity contribution >= 4 is 16.7 Å². The average molecular weight is 216 g/mol. The van der Waals surface area contributed by atoms with E-state index in [1.807, 2.05) is 37.4 Å². The van der Waals surface area contributed by atoms with Gasteiger partial charge in [0.2, 0.25) is 0 Å².